The molecule has 90 valence electrons. The molecule has 0 saturated carbocycles. The summed E-state index contributed by atoms with van der Waals surface area (Å²) in [5.74, 6) is 1.48. The van der Waals surface area contributed by atoms with E-state index in [2.05, 4.69) is 5.32 Å². The van der Waals surface area contributed by atoms with Gasteiger partial charge in [0, 0.05) is 35.4 Å². The Balaban J connectivity index is 2.49. The van der Waals surface area contributed by atoms with E-state index in [0.29, 0.717) is 11.4 Å². The maximum Gasteiger partial charge on any atom is 0.121 e. The molecule has 0 spiro atoms. The van der Waals surface area contributed by atoms with Gasteiger partial charge >= 0.3 is 0 Å². The van der Waals surface area contributed by atoms with Crippen LogP contribution in [-0.2, 0) is 10.8 Å². The Morgan fingerprint density at radius 1 is 1.50 bits per heavy atom. The summed E-state index contributed by atoms with van der Waals surface area (Å²) in [6.07, 6.45) is 2.57. The Morgan fingerprint density at radius 3 is 2.88 bits per heavy atom. The fourth-order valence-electron chi connectivity index (χ4n) is 1.31. The van der Waals surface area contributed by atoms with Crippen LogP contribution < -0.4 is 15.8 Å². The highest BCUT2D eigenvalue weighted by molar-refractivity contribution is 7.84. The first-order valence-electron chi connectivity index (χ1n) is 5.11. The van der Waals surface area contributed by atoms with Crippen molar-refractivity contribution in [2.24, 2.45) is 0 Å². The number of rotatable bonds is 6. The summed E-state index contributed by atoms with van der Waals surface area (Å²) in [5, 5.41) is 3.20. The molecule has 1 atom stereocenters. The number of anilines is 2. The van der Waals surface area contributed by atoms with E-state index in [4.69, 9.17) is 10.5 Å². The molecule has 5 heteroatoms. The summed E-state index contributed by atoms with van der Waals surface area (Å²) in [5.41, 5.74) is 7.36. The zero-order chi connectivity index (χ0) is 12.0. The molecule has 0 fully saturated rings. The molecule has 3 N–H and O–H groups in total. The number of methoxy groups -OCH3 is 1. The molecule has 0 aliphatic rings. The van der Waals surface area contributed by atoms with Crippen molar-refractivity contribution in [1.29, 1.82) is 0 Å². The van der Waals surface area contributed by atoms with Gasteiger partial charge in [0.1, 0.15) is 5.75 Å². The molecule has 0 amide bonds. The normalized spacial score (nSPS) is 12.1. The zero-order valence-electron chi connectivity index (χ0n) is 9.66. The molecule has 0 aliphatic heterocycles. The van der Waals surface area contributed by atoms with Crippen molar-refractivity contribution < 1.29 is 8.95 Å². The Bertz CT molecular complexity index is 369. The average molecular weight is 242 g/mol. The Morgan fingerprint density at radius 2 is 2.25 bits per heavy atom. The standard InChI is InChI=1S/C11H18N2O2S/c1-15-9-4-5-10(12)11(8-9)13-6-3-7-16(2)14/h4-5,8,13H,3,6-7,12H2,1-2H3. The van der Waals surface area contributed by atoms with Crippen LogP contribution in [0.4, 0.5) is 11.4 Å². The lowest BCUT2D eigenvalue weighted by Crippen LogP contribution is -2.07. The first-order valence-corrected chi connectivity index (χ1v) is 6.83. The van der Waals surface area contributed by atoms with Crippen molar-refractivity contribution in [3.63, 3.8) is 0 Å². The van der Waals surface area contributed by atoms with Crippen molar-refractivity contribution in [3.8, 4) is 5.75 Å². The lowest BCUT2D eigenvalue weighted by Gasteiger charge is -2.10. The highest BCUT2D eigenvalue weighted by atomic mass is 32.2. The molecule has 1 rings (SSSR count). The third kappa shape index (κ3) is 4.10. The van der Waals surface area contributed by atoms with Crippen LogP contribution >= 0.6 is 0 Å². The van der Waals surface area contributed by atoms with Crippen molar-refractivity contribution in [2.75, 3.05) is 36.7 Å². The molecular formula is C11H18N2O2S. The number of ether oxygens (including phenoxy) is 1. The number of nitrogen functional groups attached to an aromatic ring is 1. The van der Waals surface area contributed by atoms with Gasteiger partial charge in [-0.1, -0.05) is 0 Å². The van der Waals surface area contributed by atoms with E-state index < -0.39 is 10.8 Å². The first-order chi connectivity index (χ1) is 7.63. The van der Waals surface area contributed by atoms with Crippen LogP contribution in [0.1, 0.15) is 6.42 Å². The molecule has 4 nitrogen and oxygen atoms in total. The van der Waals surface area contributed by atoms with E-state index in [9.17, 15) is 4.21 Å². The number of hydrogen-bond donors (Lipinski definition) is 2. The molecule has 1 aromatic carbocycles. The van der Waals surface area contributed by atoms with Crippen LogP contribution in [0, 0.1) is 0 Å². The summed E-state index contributed by atoms with van der Waals surface area (Å²) in [6, 6.07) is 5.49. The Hall–Kier alpha value is -1.23. The summed E-state index contributed by atoms with van der Waals surface area (Å²) >= 11 is 0. The van der Waals surface area contributed by atoms with Crippen LogP contribution in [0.3, 0.4) is 0 Å². The molecule has 0 aromatic heterocycles. The van der Waals surface area contributed by atoms with Gasteiger partial charge in [0.25, 0.3) is 0 Å². The molecular weight excluding hydrogens is 224 g/mol. The van der Waals surface area contributed by atoms with Crippen molar-refractivity contribution in [3.05, 3.63) is 18.2 Å². The molecule has 0 radical (unpaired) electrons. The number of nitrogens with two attached hydrogens (primary N) is 1. The maximum absolute atomic E-state index is 10.9. The fourth-order valence-corrected chi connectivity index (χ4v) is 1.86. The number of nitrogens with one attached hydrogen (secondary N) is 1. The molecule has 16 heavy (non-hydrogen) atoms. The SMILES string of the molecule is COc1ccc(N)c(NCCCS(C)=O)c1. The van der Waals surface area contributed by atoms with Gasteiger partial charge in [-0.05, 0) is 18.6 Å². The Kier molecular flexibility index (Phi) is 5.11. The predicted molar refractivity (Wildman–Crippen MR) is 69.4 cm³/mol. The third-order valence-electron chi connectivity index (χ3n) is 2.18. The van der Waals surface area contributed by atoms with Crippen molar-refractivity contribution in [1.82, 2.24) is 0 Å². The lowest BCUT2D eigenvalue weighted by atomic mass is 10.2. The van der Waals surface area contributed by atoms with E-state index in [1.807, 2.05) is 12.1 Å². The summed E-state index contributed by atoms with van der Waals surface area (Å²) in [4.78, 5) is 0. The molecule has 1 aromatic rings. The largest absolute Gasteiger partial charge is 0.497 e. The number of hydrogen-bond acceptors (Lipinski definition) is 4. The average Bonchev–Trinajstić information content (AvgIpc) is 2.26. The molecule has 0 bridgehead atoms. The molecule has 0 aliphatic carbocycles. The molecule has 0 heterocycles. The minimum absolute atomic E-state index is 0.693. The maximum atomic E-state index is 10.9. The third-order valence-corrected chi connectivity index (χ3v) is 3.05. The second kappa shape index (κ2) is 6.37. The van der Waals surface area contributed by atoms with E-state index in [1.54, 1.807) is 19.4 Å². The van der Waals surface area contributed by atoms with Gasteiger partial charge in [-0.25, -0.2) is 0 Å². The van der Waals surface area contributed by atoms with Gasteiger partial charge in [0.15, 0.2) is 0 Å². The molecule has 0 saturated heterocycles. The highest BCUT2D eigenvalue weighted by Gasteiger charge is 2.00. The highest BCUT2D eigenvalue weighted by Crippen LogP contribution is 2.24. The van der Waals surface area contributed by atoms with Gasteiger partial charge in [-0.3, -0.25) is 4.21 Å². The Labute approximate surface area is 98.6 Å². The quantitative estimate of drug-likeness (QED) is 0.585. The zero-order valence-corrected chi connectivity index (χ0v) is 10.5. The fraction of sp³-hybridized carbons (Fsp3) is 0.455. The summed E-state index contributed by atoms with van der Waals surface area (Å²) in [6.45, 7) is 0.761. The van der Waals surface area contributed by atoms with Crippen LogP contribution in [0.5, 0.6) is 5.75 Å². The van der Waals surface area contributed by atoms with Crippen LogP contribution in [0.25, 0.3) is 0 Å². The van der Waals surface area contributed by atoms with E-state index >= 15 is 0 Å². The summed E-state index contributed by atoms with van der Waals surface area (Å²) < 4.78 is 16.0. The number of benzene rings is 1. The van der Waals surface area contributed by atoms with Crippen LogP contribution in [-0.4, -0.2) is 29.9 Å². The topological polar surface area (TPSA) is 64.3 Å². The minimum atomic E-state index is -0.731. The van der Waals surface area contributed by atoms with Gasteiger partial charge in [0.2, 0.25) is 0 Å². The van der Waals surface area contributed by atoms with Crippen LogP contribution in [0.2, 0.25) is 0 Å². The second-order valence-corrected chi connectivity index (χ2v) is 5.07. The van der Waals surface area contributed by atoms with Gasteiger partial charge < -0.3 is 15.8 Å². The van der Waals surface area contributed by atoms with E-state index in [0.717, 1.165) is 24.4 Å². The van der Waals surface area contributed by atoms with Crippen molar-refractivity contribution >= 4 is 22.2 Å². The van der Waals surface area contributed by atoms with Gasteiger partial charge in [-0.15, -0.1) is 0 Å². The first kappa shape index (κ1) is 12.8. The monoisotopic (exact) mass is 242 g/mol. The van der Waals surface area contributed by atoms with Crippen molar-refractivity contribution in [2.45, 2.75) is 6.42 Å². The second-order valence-electron chi connectivity index (χ2n) is 3.51. The lowest BCUT2D eigenvalue weighted by molar-refractivity contribution is 0.415. The predicted octanol–water partition coefficient (Wildman–Crippen LogP) is 1.46. The van der Waals surface area contributed by atoms with E-state index in [-0.39, 0.29) is 0 Å². The minimum Gasteiger partial charge on any atom is -0.497 e. The van der Waals surface area contributed by atoms with Gasteiger partial charge in [-0.2, -0.15) is 0 Å². The smallest absolute Gasteiger partial charge is 0.121 e. The van der Waals surface area contributed by atoms with Crippen LogP contribution in [0.15, 0.2) is 18.2 Å². The van der Waals surface area contributed by atoms with E-state index in [1.165, 1.54) is 0 Å². The summed E-state index contributed by atoms with van der Waals surface area (Å²) in [7, 11) is 0.890. The molecule has 1 unspecified atom stereocenters. The van der Waals surface area contributed by atoms with Gasteiger partial charge in [0.05, 0.1) is 18.5 Å².